The van der Waals surface area contributed by atoms with Crippen molar-refractivity contribution in [2.75, 3.05) is 31.6 Å². The van der Waals surface area contributed by atoms with Gasteiger partial charge in [0.15, 0.2) is 11.5 Å². The Labute approximate surface area is 208 Å². The van der Waals surface area contributed by atoms with Crippen molar-refractivity contribution in [3.05, 3.63) is 82.4 Å². The van der Waals surface area contributed by atoms with Crippen LogP contribution in [0.25, 0.3) is 0 Å². The Hall–Kier alpha value is -2.88. The number of ether oxygens (including phenoxy) is 2. The number of benzene rings is 3. The molecule has 186 valence electrons. The van der Waals surface area contributed by atoms with Crippen molar-refractivity contribution >= 4 is 27.3 Å². The molecule has 0 bridgehead atoms. The second-order valence-electron chi connectivity index (χ2n) is 8.11. The van der Waals surface area contributed by atoms with Gasteiger partial charge in [0, 0.05) is 29.6 Å². The van der Waals surface area contributed by atoms with Gasteiger partial charge in [-0.1, -0.05) is 17.7 Å². The maximum atomic E-state index is 14.5. The molecule has 0 spiro atoms. The molecule has 0 radical (unpaired) electrons. The van der Waals surface area contributed by atoms with Crippen LogP contribution in [0.4, 0.5) is 14.5 Å². The molecule has 1 aliphatic rings. The SMILES string of the molecule is COc1ccc(S(=O)(=O)N(c2ccc(Cl)cc2Cc2c(F)cccc2F)[C@H]2CCNC2)cc1OC. The van der Waals surface area contributed by atoms with Gasteiger partial charge >= 0.3 is 0 Å². The number of halogens is 3. The minimum atomic E-state index is -4.12. The van der Waals surface area contributed by atoms with Crippen LogP contribution in [0, 0.1) is 11.6 Å². The highest BCUT2D eigenvalue weighted by atomic mass is 35.5. The second-order valence-corrected chi connectivity index (χ2v) is 10.4. The highest BCUT2D eigenvalue weighted by Gasteiger charge is 2.35. The summed E-state index contributed by atoms with van der Waals surface area (Å²) in [5.41, 5.74) is 0.530. The summed E-state index contributed by atoms with van der Waals surface area (Å²) in [5, 5.41) is 3.52. The predicted molar refractivity (Wildman–Crippen MR) is 131 cm³/mol. The molecule has 10 heteroatoms. The van der Waals surface area contributed by atoms with E-state index in [0.717, 1.165) is 0 Å². The predicted octanol–water partition coefficient (Wildman–Crippen LogP) is 4.78. The van der Waals surface area contributed by atoms with Crippen molar-refractivity contribution in [1.82, 2.24) is 5.32 Å². The summed E-state index contributed by atoms with van der Waals surface area (Å²) in [6.45, 7) is 1.05. The smallest absolute Gasteiger partial charge is 0.264 e. The zero-order valence-corrected chi connectivity index (χ0v) is 20.8. The Morgan fingerprint density at radius 3 is 2.37 bits per heavy atom. The summed E-state index contributed by atoms with van der Waals surface area (Å²) in [7, 11) is -1.23. The van der Waals surface area contributed by atoms with Crippen molar-refractivity contribution in [1.29, 1.82) is 0 Å². The molecule has 1 saturated heterocycles. The summed E-state index contributed by atoms with van der Waals surface area (Å²) in [5.74, 6) is -0.772. The number of nitrogens with zero attached hydrogens (tertiary/aromatic N) is 1. The van der Waals surface area contributed by atoms with Crippen molar-refractivity contribution in [3.63, 3.8) is 0 Å². The van der Waals surface area contributed by atoms with Crippen LogP contribution >= 0.6 is 11.6 Å². The van der Waals surface area contributed by atoms with Gasteiger partial charge in [-0.25, -0.2) is 17.2 Å². The lowest BCUT2D eigenvalue weighted by Gasteiger charge is -2.32. The zero-order valence-electron chi connectivity index (χ0n) is 19.2. The first kappa shape index (κ1) is 25.2. The maximum absolute atomic E-state index is 14.5. The molecular formula is C25H25ClF2N2O4S. The average molecular weight is 523 g/mol. The third kappa shape index (κ3) is 5.07. The van der Waals surface area contributed by atoms with Crippen LogP contribution in [0.3, 0.4) is 0 Å². The molecule has 0 amide bonds. The van der Waals surface area contributed by atoms with E-state index in [4.69, 9.17) is 21.1 Å². The first-order chi connectivity index (χ1) is 16.8. The number of methoxy groups -OCH3 is 2. The molecule has 1 aliphatic heterocycles. The van der Waals surface area contributed by atoms with E-state index in [9.17, 15) is 17.2 Å². The van der Waals surface area contributed by atoms with Crippen molar-refractivity contribution in [3.8, 4) is 11.5 Å². The largest absolute Gasteiger partial charge is 0.493 e. The molecule has 0 aromatic heterocycles. The molecule has 1 atom stereocenters. The second kappa shape index (κ2) is 10.4. The van der Waals surface area contributed by atoms with E-state index in [1.165, 1.54) is 54.9 Å². The zero-order chi connectivity index (χ0) is 25.2. The molecule has 4 rings (SSSR count). The van der Waals surface area contributed by atoms with Gasteiger partial charge in [0.05, 0.1) is 30.8 Å². The van der Waals surface area contributed by atoms with E-state index >= 15 is 0 Å². The third-order valence-corrected chi connectivity index (χ3v) is 8.08. The van der Waals surface area contributed by atoms with E-state index in [1.807, 2.05) is 0 Å². The monoisotopic (exact) mass is 522 g/mol. The normalized spacial score (nSPS) is 15.7. The van der Waals surface area contributed by atoms with Crippen molar-refractivity contribution in [2.24, 2.45) is 0 Å². The third-order valence-electron chi connectivity index (χ3n) is 5.99. The molecule has 0 aliphatic carbocycles. The highest BCUT2D eigenvalue weighted by molar-refractivity contribution is 7.92. The van der Waals surface area contributed by atoms with Gasteiger partial charge in [-0.15, -0.1) is 0 Å². The van der Waals surface area contributed by atoms with E-state index in [2.05, 4.69) is 5.32 Å². The lowest BCUT2D eigenvalue weighted by atomic mass is 10.0. The Kier molecular flexibility index (Phi) is 7.49. The molecule has 6 nitrogen and oxygen atoms in total. The first-order valence-electron chi connectivity index (χ1n) is 10.9. The molecule has 1 fully saturated rings. The summed E-state index contributed by atoms with van der Waals surface area (Å²) in [6, 6.07) is 12.3. The number of hydrogen-bond acceptors (Lipinski definition) is 5. The quantitative estimate of drug-likeness (QED) is 0.461. The van der Waals surface area contributed by atoms with Gasteiger partial charge in [-0.3, -0.25) is 4.31 Å². The molecule has 3 aromatic rings. The molecule has 1 N–H and O–H groups in total. The molecular weight excluding hydrogens is 498 g/mol. The fraction of sp³-hybridized carbons (Fsp3) is 0.280. The minimum Gasteiger partial charge on any atom is -0.493 e. The molecule has 0 unspecified atom stereocenters. The van der Waals surface area contributed by atoms with E-state index in [-0.39, 0.29) is 22.6 Å². The van der Waals surface area contributed by atoms with Gasteiger partial charge in [0.1, 0.15) is 11.6 Å². The van der Waals surface area contributed by atoms with Crippen LogP contribution in [0.1, 0.15) is 17.5 Å². The lowest BCUT2D eigenvalue weighted by molar-refractivity contribution is 0.354. The van der Waals surface area contributed by atoms with Crippen molar-refractivity contribution in [2.45, 2.75) is 23.8 Å². The molecule has 0 saturated carbocycles. The van der Waals surface area contributed by atoms with E-state index in [0.29, 0.717) is 41.5 Å². The number of rotatable bonds is 8. The molecule has 35 heavy (non-hydrogen) atoms. The van der Waals surface area contributed by atoms with Crippen LogP contribution in [0.15, 0.2) is 59.5 Å². The standard InChI is InChI=1S/C25H25ClF2N2O4S/c1-33-24-9-7-19(14-25(24)34-2)35(31,32)30(18-10-11-29-15-18)23-8-6-17(26)12-16(23)13-20-21(27)4-3-5-22(20)28/h3-9,12,14,18,29H,10-11,13,15H2,1-2H3/t18-/m0/s1. The molecule has 1 heterocycles. The first-order valence-corrected chi connectivity index (χ1v) is 12.8. The fourth-order valence-electron chi connectivity index (χ4n) is 4.25. The van der Waals surface area contributed by atoms with Gasteiger partial charge < -0.3 is 14.8 Å². The maximum Gasteiger partial charge on any atom is 0.264 e. The fourth-order valence-corrected chi connectivity index (χ4v) is 6.18. The number of nitrogens with one attached hydrogen (secondary N) is 1. The van der Waals surface area contributed by atoms with Gasteiger partial charge in [0.2, 0.25) is 0 Å². The average Bonchev–Trinajstić information content (AvgIpc) is 3.36. The Morgan fingerprint density at radius 2 is 1.74 bits per heavy atom. The Morgan fingerprint density at radius 1 is 1.03 bits per heavy atom. The number of hydrogen-bond donors (Lipinski definition) is 1. The lowest BCUT2D eigenvalue weighted by Crippen LogP contribution is -2.42. The van der Waals surface area contributed by atoms with E-state index in [1.54, 1.807) is 18.2 Å². The summed E-state index contributed by atoms with van der Waals surface area (Å²) >= 11 is 6.23. The van der Waals surface area contributed by atoms with Crippen LogP contribution in [0.5, 0.6) is 11.5 Å². The van der Waals surface area contributed by atoms with Crippen LogP contribution < -0.4 is 19.1 Å². The molecule has 3 aromatic carbocycles. The summed E-state index contributed by atoms with van der Waals surface area (Å²) in [6.07, 6.45) is 0.384. The minimum absolute atomic E-state index is 0.0000206. The van der Waals surface area contributed by atoms with Gasteiger partial charge in [0.25, 0.3) is 10.0 Å². The van der Waals surface area contributed by atoms with Crippen LogP contribution in [-0.2, 0) is 16.4 Å². The van der Waals surface area contributed by atoms with Crippen molar-refractivity contribution < 1.29 is 26.7 Å². The van der Waals surface area contributed by atoms with Gasteiger partial charge in [-0.05, 0) is 61.0 Å². The summed E-state index contributed by atoms with van der Waals surface area (Å²) in [4.78, 5) is 0.0000206. The highest BCUT2D eigenvalue weighted by Crippen LogP contribution is 2.37. The summed E-state index contributed by atoms with van der Waals surface area (Å²) < 4.78 is 68.9. The Balaban J connectivity index is 1.87. The van der Waals surface area contributed by atoms with Gasteiger partial charge in [-0.2, -0.15) is 0 Å². The van der Waals surface area contributed by atoms with E-state index < -0.39 is 27.7 Å². The number of anilines is 1. The van der Waals surface area contributed by atoms with Crippen LogP contribution in [-0.4, -0.2) is 41.8 Å². The number of sulfonamides is 1. The topological polar surface area (TPSA) is 67.9 Å². The van der Waals surface area contributed by atoms with Crippen LogP contribution in [0.2, 0.25) is 5.02 Å². The Bertz CT molecular complexity index is 1310.